The first kappa shape index (κ1) is 22.5. The molecule has 6 aromatic rings. The van der Waals surface area contributed by atoms with Crippen LogP contribution in [-0.2, 0) is 0 Å². The van der Waals surface area contributed by atoms with Crippen molar-refractivity contribution in [3.05, 3.63) is 92.8 Å². The minimum absolute atomic E-state index is 0.0299. The summed E-state index contributed by atoms with van der Waals surface area (Å²) in [5.74, 6) is 6.47. The van der Waals surface area contributed by atoms with Crippen molar-refractivity contribution in [2.45, 2.75) is 32.7 Å². The van der Waals surface area contributed by atoms with E-state index in [1.807, 2.05) is 38.1 Å². The first-order valence-corrected chi connectivity index (χ1v) is 13.8. The van der Waals surface area contributed by atoms with Crippen LogP contribution in [0.4, 0.5) is 5.69 Å². The van der Waals surface area contributed by atoms with Gasteiger partial charge in [0.2, 0.25) is 0 Å². The van der Waals surface area contributed by atoms with E-state index in [2.05, 4.69) is 35.0 Å². The van der Waals surface area contributed by atoms with Crippen LogP contribution in [0.25, 0.3) is 40.8 Å². The van der Waals surface area contributed by atoms with Gasteiger partial charge in [0.15, 0.2) is 0 Å². The van der Waals surface area contributed by atoms with Gasteiger partial charge in [0.05, 0.1) is 0 Å². The van der Waals surface area contributed by atoms with Crippen LogP contribution in [0.15, 0.2) is 70.4 Å². The van der Waals surface area contributed by atoms with Gasteiger partial charge in [-0.2, -0.15) is 0 Å². The molecule has 0 saturated carbocycles. The van der Waals surface area contributed by atoms with Crippen molar-refractivity contribution in [3.63, 3.8) is 0 Å². The fourth-order valence-corrected chi connectivity index (χ4v) is 7.63. The third kappa shape index (κ3) is 3.36. The molecule has 3 aromatic heterocycles. The molecule has 176 valence electrons. The fourth-order valence-electron chi connectivity index (χ4n) is 5.14. The number of nitrogens with two attached hydrogens (primary N) is 1. The van der Waals surface area contributed by atoms with E-state index in [4.69, 9.17) is 5.73 Å². The predicted octanol–water partition coefficient (Wildman–Crippen LogP) is 5.05. The van der Waals surface area contributed by atoms with Crippen LogP contribution in [-0.4, -0.2) is 24.1 Å². The Balaban J connectivity index is 1.80. The van der Waals surface area contributed by atoms with Crippen LogP contribution < -0.4 is 16.9 Å². The Hall–Kier alpha value is -3.91. The third-order valence-electron chi connectivity index (χ3n) is 6.94. The third-order valence-corrected chi connectivity index (χ3v) is 9.47. The number of pyridine rings is 2. The topological polar surface area (TPSA) is 78.0 Å². The summed E-state index contributed by atoms with van der Waals surface area (Å²) in [5.41, 5.74) is 7.36. The number of hydrogen-bond donors (Lipinski definition) is 1. The van der Waals surface area contributed by atoms with Crippen LogP contribution >= 0.6 is 0 Å². The Morgan fingerprint density at radius 1 is 0.889 bits per heavy atom. The molecule has 3 aromatic carbocycles. The van der Waals surface area contributed by atoms with E-state index in [1.165, 1.54) is 8.83 Å². The first-order valence-electron chi connectivity index (χ1n) is 12.0. The number of anilines is 1. The Kier molecular flexibility index (Phi) is 5.41. The van der Waals surface area contributed by atoms with Gasteiger partial charge >= 0.3 is 214 Å². The molecule has 0 spiro atoms. The molecule has 0 unspecified atom stereocenters. The first-order chi connectivity index (χ1) is 17.5. The molecule has 2 N–H and O–H groups in total. The van der Waals surface area contributed by atoms with Crippen molar-refractivity contribution < 1.29 is 0 Å². The van der Waals surface area contributed by atoms with Gasteiger partial charge in [0.1, 0.15) is 0 Å². The Morgan fingerprint density at radius 2 is 1.64 bits per heavy atom. The van der Waals surface area contributed by atoms with Crippen LogP contribution in [0.5, 0.6) is 0 Å². The Bertz CT molecular complexity index is 1970. The van der Waals surface area contributed by atoms with Crippen molar-refractivity contribution >= 4 is 61.0 Å². The Morgan fingerprint density at radius 3 is 2.39 bits per heavy atom. The van der Waals surface area contributed by atoms with E-state index in [1.54, 1.807) is 18.3 Å². The quantitative estimate of drug-likeness (QED) is 0.149. The second-order valence-electron chi connectivity index (χ2n) is 8.99. The summed E-state index contributed by atoms with van der Waals surface area (Å²) in [5, 5.41) is 5.14. The molecule has 0 aliphatic heterocycles. The van der Waals surface area contributed by atoms with Gasteiger partial charge in [-0.15, -0.1) is 0 Å². The molecule has 36 heavy (non-hydrogen) atoms. The fraction of sp³-hybridized carbons (Fsp3) is 0.167. The minimum atomic E-state index is -0.232. The van der Waals surface area contributed by atoms with Crippen molar-refractivity contribution in [2.24, 2.45) is 0 Å². The van der Waals surface area contributed by atoms with E-state index >= 15 is 0 Å². The molecule has 0 fully saturated rings. The number of benzene rings is 3. The van der Waals surface area contributed by atoms with Crippen molar-refractivity contribution in [2.75, 3.05) is 5.73 Å². The van der Waals surface area contributed by atoms with E-state index in [9.17, 15) is 9.59 Å². The second-order valence-corrected chi connectivity index (χ2v) is 11.2. The molecular formula is C30H23N3O2Se. The second kappa shape index (κ2) is 8.64. The number of rotatable bonds is 3. The number of nitrogen functional groups attached to an aromatic ring is 1. The molecule has 6 rings (SSSR count). The number of hydrogen-bond acceptors (Lipinski definition) is 4. The van der Waals surface area contributed by atoms with Gasteiger partial charge in [0.25, 0.3) is 0 Å². The summed E-state index contributed by atoms with van der Waals surface area (Å²) in [6, 6.07) is 17.6. The number of aromatic nitrogens is 2. The average molecular weight is 536 g/mol. The zero-order valence-corrected chi connectivity index (χ0v) is 21.7. The number of nitrogens with zero attached hydrogens (tertiary/aromatic N) is 2. The molecule has 0 atom stereocenters. The maximum absolute atomic E-state index is 13.8. The molecule has 0 aliphatic carbocycles. The summed E-state index contributed by atoms with van der Waals surface area (Å²) in [6.45, 7) is 4.03. The van der Waals surface area contributed by atoms with Crippen molar-refractivity contribution in [3.8, 4) is 11.8 Å². The SMILES string of the molecule is CCC(CC)n1c(=O)c2ccc3c4ccccc4[se]c4c(C#Cc5ccc(N)cn5)cc(c1=O)c2c43. The van der Waals surface area contributed by atoms with Crippen LogP contribution in [0, 0.1) is 11.8 Å². The Labute approximate surface area is 213 Å². The molecule has 0 saturated heterocycles. The van der Waals surface area contributed by atoms with Crippen LogP contribution in [0.2, 0.25) is 0 Å². The molecule has 0 amide bonds. The summed E-state index contributed by atoms with van der Waals surface area (Å²) >= 11 is -0.0299. The molecule has 0 aliphatic rings. The van der Waals surface area contributed by atoms with Gasteiger partial charge in [0, 0.05) is 0 Å². The summed E-state index contributed by atoms with van der Waals surface area (Å²) < 4.78 is 3.83. The van der Waals surface area contributed by atoms with Gasteiger partial charge in [-0.25, -0.2) is 0 Å². The molecule has 0 radical (unpaired) electrons. The summed E-state index contributed by atoms with van der Waals surface area (Å²) in [6.07, 6.45) is 3.02. The normalized spacial score (nSPS) is 11.6. The molecule has 3 heterocycles. The average Bonchev–Trinajstić information content (AvgIpc) is 2.90. The predicted molar refractivity (Wildman–Crippen MR) is 149 cm³/mol. The zero-order chi connectivity index (χ0) is 25.0. The van der Waals surface area contributed by atoms with E-state index < -0.39 is 0 Å². The van der Waals surface area contributed by atoms with Crippen molar-refractivity contribution in [1.29, 1.82) is 0 Å². The van der Waals surface area contributed by atoms with Gasteiger partial charge < -0.3 is 0 Å². The zero-order valence-electron chi connectivity index (χ0n) is 20.0. The van der Waals surface area contributed by atoms with Gasteiger partial charge in [-0.1, -0.05) is 0 Å². The van der Waals surface area contributed by atoms with Crippen LogP contribution in [0.3, 0.4) is 0 Å². The molecule has 0 bridgehead atoms. The van der Waals surface area contributed by atoms with Gasteiger partial charge in [-0.3, -0.25) is 0 Å². The maximum atomic E-state index is 13.8. The monoisotopic (exact) mass is 537 g/mol. The molecule has 5 nitrogen and oxygen atoms in total. The van der Waals surface area contributed by atoms with Gasteiger partial charge in [-0.05, 0) is 0 Å². The molecular weight excluding hydrogens is 513 g/mol. The van der Waals surface area contributed by atoms with E-state index in [0.29, 0.717) is 35.0 Å². The van der Waals surface area contributed by atoms with Crippen LogP contribution in [0.1, 0.15) is 44.0 Å². The standard InChI is InChI=1S/C30H23N3O2Se/c1-3-20(4-2)33-29(34)23-14-13-22-21-7-5-6-8-25(21)36-28-17(9-11-19-12-10-18(31)16-32-19)15-24(30(33)35)26(23)27(22)28/h5-8,10,12-16,20H,3-4,31H2,1-2H3. The molecule has 6 heteroatoms. The van der Waals surface area contributed by atoms with E-state index in [-0.39, 0.29) is 31.7 Å². The van der Waals surface area contributed by atoms with Crippen molar-refractivity contribution in [1.82, 2.24) is 9.55 Å². The van der Waals surface area contributed by atoms with E-state index in [0.717, 1.165) is 31.4 Å². The number of fused-ring (bicyclic) bond motifs is 2. The summed E-state index contributed by atoms with van der Waals surface area (Å²) in [4.78, 5) is 31.8. The summed E-state index contributed by atoms with van der Waals surface area (Å²) in [7, 11) is 0.